The third-order valence-electron chi connectivity index (χ3n) is 5.52. The molecule has 1 saturated heterocycles. The number of amides is 4. The number of anilines is 1. The lowest BCUT2D eigenvalue weighted by atomic mass is 9.97. The maximum atomic E-state index is 12.8. The van der Waals surface area contributed by atoms with Crippen LogP contribution in [0, 0.1) is 0 Å². The summed E-state index contributed by atoms with van der Waals surface area (Å²) in [6.07, 6.45) is 2.98. The average molecular weight is 395 g/mol. The van der Waals surface area contributed by atoms with Gasteiger partial charge in [0.25, 0.3) is 11.5 Å². The van der Waals surface area contributed by atoms with Crippen LogP contribution in [-0.2, 0) is 9.59 Å². The molecule has 150 valence electrons. The highest BCUT2D eigenvalue weighted by Gasteiger charge is 2.54. The second-order valence-corrected chi connectivity index (χ2v) is 7.45. The molecular formula is C20H21N5O4. The molecule has 4 amide bonds. The van der Waals surface area contributed by atoms with Gasteiger partial charge in [0.1, 0.15) is 11.6 Å². The first-order chi connectivity index (χ1) is 13.9. The zero-order valence-corrected chi connectivity index (χ0v) is 15.9. The number of benzene rings is 1. The second-order valence-electron chi connectivity index (χ2n) is 7.45. The summed E-state index contributed by atoms with van der Waals surface area (Å²) in [5.74, 6) is -0.788. The van der Waals surface area contributed by atoms with Crippen LogP contribution in [-0.4, -0.2) is 44.5 Å². The minimum Gasteiger partial charge on any atom is -0.324 e. The Kier molecular flexibility index (Phi) is 4.65. The molecule has 2 aromatic rings. The lowest BCUT2D eigenvalue weighted by Gasteiger charge is -2.23. The molecule has 2 heterocycles. The number of carbonyl (C=O) groups excluding carboxylic acids is 3. The summed E-state index contributed by atoms with van der Waals surface area (Å²) < 4.78 is 0. The lowest BCUT2D eigenvalue weighted by Crippen LogP contribution is -2.48. The van der Waals surface area contributed by atoms with Crippen molar-refractivity contribution in [1.29, 1.82) is 0 Å². The molecule has 0 radical (unpaired) electrons. The Morgan fingerprint density at radius 2 is 1.93 bits per heavy atom. The molecule has 1 aromatic heterocycles. The van der Waals surface area contributed by atoms with E-state index < -0.39 is 23.5 Å². The van der Waals surface area contributed by atoms with Gasteiger partial charge in [0.05, 0.1) is 5.69 Å². The Morgan fingerprint density at radius 3 is 2.62 bits per heavy atom. The van der Waals surface area contributed by atoms with Gasteiger partial charge in [-0.3, -0.25) is 14.4 Å². The predicted octanol–water partition coefficient (Wildman–Crippen LogP) is 1.63. The van der Waals surface area contributed by atoms with E-state index in [2.05, 4.69) is 20.8 Å². The van der Waals surface area contributed by atoms with Crippen LogP contribution < -0.4 is 16.2 Å². The van der Waals surface area contributed by atoms with Gasteiger partial charge in [-0.25, -0.2) is 14.8 Å². The standard InChI is InChI=1S/C20H21N5O4/c1-12(25-18(28)20(22-19(25)29)9-2-3-10-20)17(27)21-14-6-4-5-13(11-14)15-7-8-16(26)24-23-15/h4-8,11-12H,2-3,9-10H2,1H3,(H,21,27)(H,22,29)(H,24,26). The van der Waals surface area contributed by atoms with Crippen LogP contribution in [0.3, 0.4) is 0 Å². The average Bonchev–Trinajstić information content (AvgIpc) is 3.27. The minimum absolute atomic E-state index is 0.305. The number of aromatic amines is 1. The smallest absolute Gasteiger partial charge is 0.324 e. The third-order valence-corrected chi connectivity index (χ3v) is 5.52. The number of hydrogen-bond donors (Lipinski definition) is 3. The normalized spacial score (nSPS) is 18.7. The number of aromatic nitrogens is 2. The van der Waals surface area contributed by atoms with Gasteiger partial charge in [0, 0.05) is 17.3 Å². The van der Waals surface area contributed by atoms with Gasteiger partial charge in [0.2, 0.25) is 5.91 Å². The molecule has 2 fully saturated rings. The molecule has 4 rings (SSSR count). The van der Waals surface area contributed by atoms with E-state index >= 15 is 0 Å². The van der Waals surface area contributed by atoms with Crippen molar-refractivity contribution in [2.75, 3.05) is 5.32 Å². The molecule has 1 aliphatic heterocycles. The maximum Gasteiger partial charge on any atom is 0.325 e. The summed E-state index contributed by atoms with van der Waals surface area (Å²) in [6.45, 7) is 1.54. The molecule has 1 aromatic carbocycles. The van der Waals surface area contributed by atoms with Crippen molar-refractivity contribution in [2.45, 2.75) is 44.2 Å². The molecule has 0 bridgehead atoms. The number of imide groups is 1. The van der Waals surface area contributed by atoms with E-state index in [9.17, 15) is 19.2 Å². The zero-order valence-electron chi connectivity index (χ0n) is 15.9. The van der Waals surface area contributed by atoms with Crippen LogP contribution in [0.1, 0.15) is 32.6 Å². The van der Waals surface area contributed by atoms with E-state index in [0.717, 1.165) is 17.7 Å². The van der Waals surface area contributed by atoms with Crippen LogP contribution in [0.4, 0.5) is 10.5 Å². The van der Waals surface area contributed by atoms with Gasteiger partial charge in [0.15, 0.2) is 0 Å². The number of H-pyrrole nitrogens is 1. The Bertz CT molecular complexity index is 1020. The first-order valence-electron chi connectivity index (χ1n) is 9.52. The zero-order chi connectivity index (χ0) is 20.6. The Hall–Kier alpha value is -3.49. The summed E-state index contributed by atoms with van der Waals surface area (Å²) in [5.41, 5.74) is 0.592. The van der Waals surface area contributed by atoms with Crippen molar-refractivity contribution in [3.63, 3.8) is 0 Å². The van der Waals surface area contributed by atoms with Gasteiger partial charge < -0.3 is 10.6 Å². The van der Waals surface area contributed by atoms with Crippen LogP contribution in [0.2, 0.25) is 0 Å². The molecule has 1 aliphatic carbocycles. The summed E-state index contributed by atoms with van der Waals surface area (Å²) in [5, 5.41) is 11.9. The maximum absolute atomic E-state index is 12.8. The fraction of sp³-hybridized carbons (Fsp3) is 0.350. The van der Waals surface area contributed by atoms with E-state index in [1.165, 1.54) is 13.0 Å². The van der Waals surface area contributed by atoms with Crippen LogP contribution in [0.15, 0.2) is 41.2 Å². The molecule has 2 aliphatic rings. The fourth-order valence-electron chi connectivity index (χ4n) is 3.94. The van der Waals surface area contributed by atoms with E-state index in [1.807, 2.05) is 0 Å². The Balaban J connectivity index is 1.50. The molecular weight excluding hydrogens is 374 g/mol. The lowest BCUT2D eigenvalue weighted by molar-refractivity contribution is -0.136. The van der Waals surface area contributed by atoms with Crippen molar-refractivity contribution in [3.05, 3.63) is 46.8 Å². The molecule has 9 nitrogen and oxygen atoms in total. The third kappa shape index (κ3) is 3.39. The van der Waals surface area contributed by atoms with E-state index in [4.69, 9.17) is 0 Å². The minimum atomic E-state index is -0.947. The van der Waals surface area contributed by atoms with Crippen molar-refractivity contribution < 1.29 is 14.4 Å². The topological polar surface area (TPSA) is 124 Å². The van der Waals surface area contributed by atoms with E-state index in [1.54, 1.807) is 30.3 Å². The van der Waals surface area contributed by atoms with Crippen LogP contribution >= 0.6 is 0 Å². The number of carbonyl (C=O) groups is 3. The van der Waals surface area contributed by atoms with E-state index in [0.29, 0.717) is 29.8 Å². The first kappa shape index (κ1) is 18.9. The number of nitrogens with zero attached hydrogens (tertiary/aromatic N) is 2. The highest BCUT2D eigenvalue weighted by atomic mass is 16.2. The number of nitrogens with one attached hydrogen (secondary N) is 3. The molecule has 29 heavy (non-hydrogen) atoms. The number of rotatable bonds is 4. The van der Waals surface area contributed by atoms with Gasteiger partial charge >= 0.3 is 6.03 Å². The largest absolute Gasteiger partial charge is 0.325 e. The molecule has 1 unspecified atom stereocenters. The summed E-state index contributed by atoms with van der Waals surface area (Å²) >= 11 is 0. The molecule has 3 N–H and O–H groups in total. The Labute approximate surface area is 166 Å². The second kappa shape index (κ2) is 7.16. The quantitative estimate of drug-likeness (QED) is 0.679. The number of urea groups is 1. The van der Waals surface area contributed by atoms with Gasteiger partial charge in [-0.1, -0.05) is 25.0 Å². The van der Waals surface area contributed by atoms with Crippen molar-refractivity contribution in [1.82, 2.24) is 20.4 Å². The van der Waals surface area contributed by atoms with Gasteiger partial charge in [-0.05, 0) is 38.0 Å². The molecule has 1 atom stereocenters. The first-order valence-corrected chi connectivity index (χ1v) is 9.52. The van der Waals surface area contributed by atoms with E-state index in [-0.39, 0.29) is 11.5 Å². The van der Waals surface area contributed by atoms with Crippen molar-refractivity contribution in [3.8, 4) is 11.3 Å². The summed E-state index contributed by atoms with van der Waals surface area (Å²) in [7, 11) is 0. The number of hydrogen-bond acceptors (Lipinski definition) is 5. The highest BCUT2D eigenvalue weighted by Crippen LogP contribution is 2.35. The van der Waals surface area contributed by atoms with Crippen LogP contribution in [0.25, 0.3) is 11.3 Å². The monoisotopic (exact) mass is 395 g/mol. The molecule has 1 spiro atoms. The predicted molar refractivity (Wildman–Crippen MR) is 105 cm³/mol. The molecule has 1 saturated carbocycles. The van der Waals surface area contributed by atoms with Gasteiger partial charge in [-0.15, -0.1) is 0 Å². The SMILES string of the molecule is CC(C(=O)Nc1cccc(-c2ccc(=O)[nH]n2)c1)N1C(=O)NC2(CCCC2)C1=O. The Morgan fingerprint density at radius 1 is 1.17 bits per heavy atom. The van der Waals surface area contributed by atoms with Crippen molar-refractivity contribution >= 4 is 23.5 Å². The van der Waals surface area contributed by atoms with Gasteiger partial charge in [-0.2, -0.15) is 5.10 Å². The van der Waals surface area contributed by atoms with Crippen molar-refractivity contribution in [2.24, 2.45) is 0 Å². The molecule has 9 heteroatoms. The summed E-state index contributed by atoms with van der Waals surface area (Å²) in [4.78, 5) is 50.2. The fourth-order valence-corrected chi connectivity index (χ4v) is 3.94. The highest BCUT2D eigenvalue weighted by molar-refractivity contribution is 6.11. The summed E-state index contributed by atoms with van der Waals surface area (Å²) in [6, 6.07) is 8.41. The van der Waals surface area contributed by atoms with Crippen LogP contribution in [0.5, 0.6) is 0 Å².